The molecule has 0 radical (unpaired) electrons. The lowest BCUT2D eigenvalue weighted by molar-refractivity contribution is -0.121. The summed E-state index contributed by atoms with van der Waals surface area (Å²) in [5.41, 5.74) is 2.13. The molecule has 0 bridgehead atoms. The summed E-state index contributed by atoms with van der Waals surface area (Å²) in [6, 6.07) is 11.6. The molecule has 7 heteroatoms. The lowest BCUT2D eigenvalue weighted by atomic mass is 10.0. The topological polar surface area (TPSA) is 61.4 Å². The molecule has 0 aliphatic carbocycles. The van der Waals surface area contributed by atoms with Gasteiger partial charge >= 0.3 is 0 Å². The summed E-state index contributed by atoms with van der Waals surface area (Å²) in [5, 5.41) is 5.51. The second-order valence-electron chi connectivity index (χ2n) is 8.34. The van der Waals surface area contributed by atoms with Gasteiger partial charge in [-0.3, -0.25) is 14.5 Å². The van der Waals surface area contributed by atoms with Crippen molar-refractivity contribution in [2.24, 2.45) is 0 Å². The molecule has 5 nitrogen and oxygen atoms in total. The number of hydrogen-bond donors (Lipinski definition) is 2. The number of amides is 2. The number of rotatable bonds is 9. The van der Waals surface area contributed by atoms with Crippen molar-refractivity contribution in [2.75, 3.05) is 13.1 Å². The number of hydrogen-bond acceptors (Lipinski definition) is 3. The maximum Gasteiger partial charge on any atom is 0.254 e. The highest BCUT2D eigenvalue weighted by atomic mass is 19.1. The average molecular weight is 444 g/mol. The maximum absolute atomic E-state index is 13.6. The summed E-state index contributed by atoms with van der Waals surface area (Å²) in [7, 11) is 0. The summed E-state index contributed by atoms with van der Waals surface area (Å²) < 4.78 is 26.6. The minimum absolute atomic E-state index is 0.103. The van der Waals surface area contributed by atoms with Crippen molar-refractivity contribution < 1.29 is 18.4 Å². The number of piperidine rings is 1. The molecule has 1 aliphatic heterocycles. The van der Waals surface area contributed by atoms with E-state index in [4.69, 9.17) is 0 Å². The van der Waals surface area contributed by atoms with Gasteiger partial charge in [0, 0.05) is 38.2 Å². The fraction of sp³-hybridized carbons (Fsp3) is 0.440. The van der Waals surface area contributed by atoms with Crippen LogP contribution in [0.25, 0.3) is 0 Å². The lowest BCUT2D eigenvalue weighted by Crippen LogP contribution is -2.37. The molecule has 1 unspecified atom stereocenters. The highest BCUT2D eigenvalue weighted by molar-refractivity contribution is 5.94. The molecule has 1 aliphatic rings. The van der Waals surface area contributed by atoms with Gasteiger partial charge in [-0.25, -0.2) is 8.78 Å². The molecule has 1 atom stereocenters. The molecule has 172 valence electrons. The van der Waals surface area contributed by atoms with E-state index in [1.54, 1.807) is 0 Å². The van der Waals surface area contributed by atoms with Crippen molar-refractivity contribution in [2.45, 2.75) is 58.2 Å². The Balaban J connectivity index is 1.41. The van der Waals surface area contributed by atoms with Crippen LogP contribution in [-0.2, 0) is 17.9 Å². The number of halogens is 2. The molecule has 32 heavy (non-hydrogen) atoms. The molecule has 2 aromatic rings. The monoisotopic (exact) mass is 443 g/mol. The van der Waals surface area contributed by atoms with Gasteiger partial charge < -0.3 is 10.6 Å². The van der Waals surface area contributed by atoms with Crippen molar-refractivity contribution in [3.63, 3.8) is 0 Å². The van der Waals surface area contributed by atoms with Gasteiger partial charge in [0.1, 0.15) is 11.6 Å². The van der Waals surface area contributed by atoms with Crippen LogP contribution < -0.4 is 10.6 Å². The number of carbonyl (C=O) groups is 2. The van der Waals surface area contributed by atoms with Crippen LogP contribution in [0.3, 0.4) is 0 Å². The molecule has 0 spiro atoms. The van der Waals surface area contributed by atoms with Gasteiger partial charge in [-0.05, 0) is 56.0 Å². The Bertz CT molecular complexity index is 935. The van der Waals surface area contributed by atoms with Crippen molar-refractivity contribution in [1.29, 1.82) is 0 Å². The van der Waals surface area contributed by atoms with Crippen LogP contribution in [-0.4, -0.2) is 35.8 Å². The van der Waals surface area contributed by atoms with Crippen LogP contribution in [0.1, 0.15) is 60.5 Å². The van der Waals surface area contributed by atoms with E-state index in [-0.39, 0.29) is 24.4 Å². The number of benzene rings is 2. The highest BCUT2D eigenvalue weighted by Gasteiger charge is 2.19. The third-order valence-electron chi connectivity index (χ3n) is 5.95. The van der Waals surface area contributed by atoms with Crippen molar-refractivity contribution in [3.05, 3.63) is 70.8 Å². The van der Waals surface area contributed by atoms with Crippen LogP contribution in [0.2, 0.25) is 0 Å². The van der Waals surface area contributed by atoms with Gasteiger partial charge in [0.15, 0.2) is 0 Å². The molecule has 2 amide bonds. The van der Waals surface area contributed by atoms with Gasteiger partial charge in [-0.1, -0.05) is 30.7 Å². The molecule has 3 rings (SSSR count). The number of likely N-dealkylation sites (tertiary alicyclic amines) is 1. The average Bonchev–Trinajstić information content (AvgIpc) is 2.77. The molecule has 0 saturated carbocycles. The smallest absolute Gasteiger partial charge is 0.254 e. The van der Waals surface area contributed by atoms with Crippen LogP contribution >= 0.6 is 0 Å². The molecular weight excluding hydrogens is 412 g/mol. The van der Waals surface area contributed by atoms with Crippen LogP contribution in [0.4, 0.5) is 8.78 Å². The normalized spacial score (nSPS) is 16.5. The summed E-state index contributed by atoms with van der Waals surface area (Å²) >= 11 is 0. The van der Waals surface area contributed by atoms with E-state index in [0.717, 1.165) is 30.8 Å². The number of nitrogens with one attached hydrogen (secondary N) is 2. The Morgan fingerprint density at radius 3 is 2.59 bits per heavy atom. The Morgan fingerprint density at radius 2 is 1.84 bits per heavy atom. The van der Waals surface area contributed by atoms with E-state index in [2.05, 4.69) is 28.5 Å². The van der Waals surface area contributed by atoms with E-state index >= 15 is 0 Å². The predicted molar refractivity (Wildman–Crippen MR) is 120 cm³/mol. The van der Waals surface area contributed by atoms with Crippen LogP contribution in [0, 0.1) is 11.6 Å². The first-order valence-electron chi connectivity index (χ1n) is 11.2. The Hall–Kier alpha value is -2.80. The number of carbonyl (C=O) groups excluding carboxylic acids is 2. The second kappa shape index (κ2) is 11.7. The van der Waals surface area contributed by atoms with Gasteiger partial charge in [0.2, 0.25) is 5.91 Å². The molecule has 1 heterocycles. The molecule has 2 N–H and O–H groups in total. The molecule has 0 aromatic heterocycles. The van der Waals surface area contributed by atoms with E-state index < -0.39 is 17.5 Å². The zero-order chi connectivity index (χ0) is 22.9. The minimum Gasteiger partial charge on any atom is -0.352 e. The van der Waals surface area contributed by atoms with Gasteiger partial charge in [-0.2, -0.15) is 0 Å². The zero-order valence-corrected chi connectivity index (χ0v) is 18.5. The predicted octanol–water partition coefficient (Wildman–Crippen LogP) is 4.17. The van der Waals surface area contributed by atoms with E-state index in [0.29, 0.717) is 25.1 Å². The lowest BCUT2D eigenvalue weighted by Gasteiger charge is -2.33. The molecule has 2 aromatic carbocycles. The van der Waals surface area contributed by atoms with Gasteiger partial charge in [0.25, 0.3) is 5.91 Å². The van der Waals surface area contributed by atoms with Crippen LogP contribution in [0.15, 0.2) is 42.5 Å². The standard InChI is InChI=1S/C25H31F2N3O2/c1-18-7-4-5-14-30(18)17-20-9-3-2-8-19(20)16-29-24(31)10-6-13-28-25(32)22-12-11-21(26)15-23(22)27/h2-3,8-9,11-12,15,18H,4-7,10,13-14,16-17H2,1H3,(H,28,32)(H,29,31). The Labute approximate surface area is 188 Å². The van der Waals surface area contributed by atoms with E-state index in [9.17, 15) is 18.4 Å². The first-order chi connectivity index (χ1) is 15.4. The van der Waals surface area contributed by atoms with Crippen molar-refractivity contribution in [1.82, 2.24) is 15.5 Å². The molecule has 1 saturated heterocycles. The number of nitrogens with zero attached hydrogens (tertiary/aromatic N) is 1. The largest absolute Gasteiger partial charge is 0.352 e. The Kier molecular flexibility index (Phi) is 8.73. The summed E-state index contributed by atoms with van der Waals surface area (Å²) in [4.78, 5) is 26.7. The summed E-state index contributed by atoms with van der Waals surface area (Å²) in [5.74, 6) is -2.36. The minimum atomic E-state index is -0.905. The quantitative estimate of drug-likeness (QED) is 0.572. The summed E-state index contributed by atoms with van der Waals surface area (Å²) in [6.07, 6.45) is 4.41. The van der Waals surface area contributed by atoms with E-state index in [1.165, 1.54) is 24.8 Å². The molecular formula is C25H31F2N3O2. The SMILES string of the molecule is CC1CCCCN1Cc1ccccc1CNC(=O)CCCNC(=O)c1ccc(F)cc1F. The zero-order valence-electron chi connectivity index (χ0n) is 18.5. The van der Waals surface area contributed by atoms with Crippen molar-refractivity contribution in [3.8, 4) is 0 Å². The van der Waals surface area contributed by atoms with Crippen LogP contribution in [0.5, 0.6) is 0 Å². The first-order valence-corrected chi connectivity index (χ1v) is 11.2. The Morgan fingerprint density at radius 1 is 1.06 bits per heavy atom. The fourth-order valence-electron chi connectivity index (χ4n) is 4.00. The first kappa shape index (κ1) is 23.9. The highest BCUT2D eigenvalue weighted by Crippen LogP contribution is 2.20. The fourth-order valence-corrected chi connectivity index (χ4v) is 4.00. The summed E-state index contributed by atoms with van der Waals surface area (Å²) in [6.45, 7) is 4.96. The third kappa shape index (κ3) is 6.85. The van der Waals surface area contributed by atoms with Crippen molar-refractivity contribution >= 4 is 11.8 Å². The van der Waals surface area contributed by atoms with Gasteiger partial charge in [0.05, 0.1) is 5.56 Å². The molecule has 1 fully saturated rings. The second-order valence-corrected chi connectivity index (χ2v) is 8.34. The van der Waals surface area contributed by atoms with E-state index in [1.807, 2.05) is 18.2 Å². The van der Waals surface area contributed by atoms with Gasteiger partial charge in [-0.15, -0.1) is 0 Å². The third-order valence-corrected chi connectivity index (χ3v) is 5.95. The maximum atomic E-state index is 13.6.